The third-order valence-electron chi connectivity index (χ3n) is 3.36. The molecule has 8 heteroatoms. The van der Waals surface area contributed by atoms with Crippen LogP contribution in [0.15, 0.2) is 29.2 Å². The third kappa shape index (κ3) is 4.35. The van der Waals surface area contributed by atoms with E-state index in [9.17, 15) is 18.3 Å². The molecule has 0 radical (unpaired) electrons. The Morgan fingerprint density at radius 1 is 1.09 bits per heavy atom. The molecule has 0 saturated carbocycles. The van der Waals surface area contributed by atoms with Crippen LogP contribution in [0.4, 0.5) is 4.79 Å². The summed E-state index contributed by atoms with van der Waals surface area (Å²) in [6.45, 7) is 6.35. The van der Waals surface area contributed by atoms with Crippen LogP contribution in [-0.2, 0) is 14.8 Å². The first-order valence-electron chi connectivity index (χ1n) is 7.37. The summed E-state index contributed by atoms with van der Waals surface area (Å²) in [7, 11) is -3.62. The van der Waals surface area contributed by atoms with Crippen molar-refractivity contribution in [1.29, 1.82) is 0 Å². The highest BCUT2D eigenvalue weighted by atomic mass is 32.2. The number of hydrogen-bond donors (Lipinski definition) is 1. The van der Waals surface area contributed by atoms with Gasteiger partial charge >= 0.3 is 6.09 Å². The average molecular weight is 342 g/mol. The van der Waals surface area contributed by atoms with E-state index in [4.69, 9.17) is 4.74 Å². The number of nitrogens with zero attached hydrogens (tertiary/aromatic N) is 2. The number of sulfonamides is 1. The Kier molecular flexibility index (Phi) is 4.86. The highest BCUT2D eigenvalue weighted by Gasteiger charge is 2.31. The summed E-state index contributed by atoms with van der Waals surface area (Å²) >= 11 is 0. The summed E-state index contributed by atoms with van der Waals surface area (Å²) < 4.78 is 31.6. The Balaban J connectivity index is 2.01. The maximum absolute atomic E-state index is 12.5. The number of rotatable bonds is 2. The van der Waals surface area contributed by atoms with Crippen LogP contribution in [0, 0.1) is 0 Å². The van der Waals surface area contributed by atoms with Gasteiger partial charge in [0.1, 0.15) is 11.4 Å². The maximum Gasteiger partial charge on any atom is 0.410 e. The molecular weight excluding hydrogens is 320 g/mol. The van der Waals surface area contributed by atoms with Gasteiger partial charge in [-0.15, -0.1) is 0 Å². The number of aromatic hydroxyl groups is 1. The van der Waals surface area contributed by atoms with Crippen LogP contribution < -0.4 is 0 Å². The number of ether oxygens (including phenoxy) is 1. The maximum atomic E-state index is 12.5. The van der Waals surface area contributed by atoms with Crippen LogP contribution in [-0.4, -0.2) is 60.6 Å². The van der Waals surface area contributed by atoms with Crippen molar-refractivity contribution in [3.8, 4) is 5.75 Å². The number of hydrogen-bond acceptors (Lipinski definition) is 5. The van der Waals surface area contributed by atoms with E-state index in [1.807, 2.05) is 0 Å². The van der Waals surface area contributed by atoms with Crippen LogP contribution in [0.2, 0.25) is 0 Å². The highest BCUT2D eigenvalue weighted by molar-refractivity contribution is 7.89. The van der Waals surface area contributed by atoms with E-state index < -0.39 is 21.7 Å². The molecule has 0 atom stereocenters. The number of amides is 1. The van der Waals surface area contributed by atoms with Gasteiger partial charge in [-0.3, -0.25) is 0 Å². The highest BCUT2D eigenvalue weighted by Crippen LogP contribution is 2.20. The summed E-state index contributed by atoms with van der Waals surface area (Å²) in [4.78, 5) is 13.6. The average Bonchev–Trinajstić information content (AvgIpc) is 2.46. The van der Waals surface area contributed by atoms with Gasteiger partial charge in [-0.25, -0.2) is 13.2 Å². The van der Waals surface area contributed by atoms with Crippen LogP contribution in [0.3, 0.4) is 0 Å². The van der Waals surface area contributed by atoms with Gasteiger partial charge in [0.25, 0.3) is 0 Å². The van der Waals surface area contributed by atoms with Crippen LogP contribution >= 0.6 is 0 Å². The molecule has 23 heavy (non-hydrogen) atoms. The lowest BCUT2D eigenvalue weighted by molar-refractivity contribution is 0.0192. The van der Waals surface area contributed by atoms with Crippen molar-refractivity contribution < 1.29 is 23.1 Å². The minimum atomic E-state index is -3.62. The second-order valence-corrected chi connectivity index (χ2v) is 8.30. The lowest BCUT2D eigenvalue weighted by atomic mass is 10.2. The van der Waals surface area contributed by atoms with E-state index in [-0.39, 0.29) is 36.8 Å². The quantitative estimate of drug-likeness (QED) is 0.883. The number of phenolic OH excluding ortho intramolecular Hbond substituents is 1. The molecule has 1 aliphatic heterocycles. The van der Waals surface area contributed by atoms with Gasteiger partial charge in [-0.05, 0) is 45.0 Å². The largest absolute Gasteiger partial charge is 0.508 e. The van der Waals surface area contributed by atoms with E-state index in [0.29, 0.717) is 0 Å². The second-order valence-electron chi connectivity index (χ2n) is 6.37. The van der Waals surface area contributed by atoms with Crippen molar-refractivity contribution in [2.45, 2.75) is 31.3 Å². The smallest absolute Gasteiger partial charge is 0.410 e. The molecule has 1 aliphatic rings. The standard InChI is InChI=1S/C15H22N2O5S/c1-15(2,3)22-14(19)16-8-10-17(11-9-16)23(20,21)13-6-4-12(18)5-7-13/h4-7,18H,8-11H2,1-3H3. The zero-order valence-electron chi connectivity index (χ0n) is 13.5. The first-order chi connectivity index (χ1) is 10.6. The Morgan fingerprint density at radius 2 is 1.61 bits per heavy atom. The van der Waals surface area contributed by atoms with Gasteiger partial charge in [-0.1, -0.05) is 0 Å². The monoisotopic (exact) mass is 342 g/mol. The molecule has 128 valence electrons. The fourth-order valence-electron chi connectivity index (χ4n) is 2.20. The van der Waals surface area contributed by atoms with Crippen LogP contribution in [0.1, 0.15) is 20.8 Å². The van der Waals surface area contributed by atoms with E-state index in [2.05, 4.69) is 0 Å². The summed E-state index contributed by atoms with van der Waals surface area (Å²) in [5, 5.41) is 9.25. The summed E-state index contributed by atoms with van der Waals surface area (Å²) in [5.74, 6) is 0.0127. The minimum Gasteiger partial charge on any atom is -0.508 e. The number of carbonyl (C=O) groups excluding carboxylic acids is 1. The molecule has 1 aromatic carbocycles. The molecule has 0 spiro atoms. The topological polar surface area (TPSA) is 87.2 Å². The zero-order valence-corrected chi connectivity index (χ0v) is 14.3. The first-order valence-corrected chi connectivity index (χ1v) is 8.81. The van der Waals surface area contributed by atoms with Crippen molar-refractivity contribution >= 4 is 16.1 Å². The van der Waals surface area contributed by atoms with E-state index in [1.165, 1.54) is 33.5 Å². The van der Waals surface area contributed by atoms with Crippen molar-refractivity contribution in [1.82, 2.24) is 9.21 Å². The number of carbonyl (C=O) groups is 1. The lowest BCUT2D eigenvalue weighted by Gasteiger charge is -2.34. The van der Waals surface area contributed by atoms with Crippen molar-refractivity contribution in [2.75, 3.05) is 26.2 Å². The van der Waals surface area contributed by atoms with Crippen molar-refractivity contribution in [3.63, 3.8) is 0 Å². The van der Waals surface area contributed by atoms with E-state index >= 15 is 0 Å². The molecule has 2 rings (SSSR count). The summed E-state index contributed by atoms with van der Waals surface area (Å²) in [6, 6.07) is 5.41. The predicted molar refractivity (Wildman–Crippen MR) is 84.7 cm³/mol. The molecule has 7 nitrogen and oxygen atoms in total. The van der Waals surface area contributed by atoms with Gasteiger partial charge in [0.2, 0.25) is 10.0 Å². The molecule has 0 aromatic heterocycles. The normalized spacial score (nSPS) is 17.1. The molecule has 0 aliphatic carbocycles. The van der Waals surface area contributed by atoms with E-state index in [0.717, 1.165) is 0 Å². The zero-order chi connectivity index (χ0) is 17.3. The molecule has 1 N–H and O–H groups in total. The third-order valence-corrected chi connectivity index (χ3v) is 5.28. The van der Waals surface area contributed by atoms with Gasteiger partial charge in [0.05, 0.1) is 4.90 Å². The molecule has 0 bridgehead atoms. The first kappa shape index (κ1) is 17.6. The van der Waals surface area contributed by atoms with Gasteiger partial charge < -0.3 is 14.7 Å². The molecule has 0 unspecified atom stereocenters. The van der Waals surface area contributed by atoms with E-state index in [1.54, 1.807) is 20.8 Å². The molecule has 1 saturated heterocycles. The van der Waals surface area contributed by atoms with Gasteiger partial charge in [0, 0.05) is 26.2 Å². The molecule has 1 amide bonds. The second kappa shape index (κ2) is 6.37. The molecular formula is C15H22N2O5S. The SMILES string of the molecule is CC(C)(C)OC(=O)N1CCN(S(=O)(=O)c2ccc(O)cc2)CC1. The number of benzene rings is 1. The van der Waals surface area contributed by atoms with Crippen molar-refractivity contribution in [2.24, 2.45) is 0 Å². The lowest BCUT2D eigenvalue weighted by Crippen LogP contribution is -2.51. The summed E-state index contributed by atoms with van der Waals surface area (Å²) in [5.41, 5.74) is -0.577. The van der Waals surface area contributed by atoms with Gasteiger partial charge in [0.15, 0.2) is 0 Å². The fraction of sp³-hybridized carbons (Fsp3) is 0.533. The molecule has 1 heterocycles. The Hall–Kier alpha value is -1.80. The summed E-state index contributed by atoms with van der Waals surface area (Å²) in [6.07, 6.45) is -0.431. The van der Waals surface area contributed by atoms with Crippen LogP contribution in [0.5, 0.6) is 5.75 Å². The Bertz CT molecular complexity index is 656. The Morgan fingerprint density at radius 3 is 2.09 bits per heavy atom. The van der Waals surface area contributed by atoms with Gasteiger partial charge in [-0.2, -0.15) is 4.31 Å². The number of phenols is 1. The number of piperazine rings is 1. The molecule has 1 aromatic rings. The molecule has 1 fully saturated rings. The predicted octanol–water partition coefficient (Wildman–Crippen LogP) is 1.63. The Labute approximate surface area is 136 Å². The minimum absolute atomic E-state index is 0.0127. The fourth-order valence-corrected chi connectivity index (χ4v) is 3.63. The van der Waals surface area contributed by atoms with Crippen LogP contribution in [0.25, 0.3) is 0 Å². The van der Waals surface area contributed by atoms with Crippen molar-refractivity contribution in [3.05, 3.63) is 24.3 Å².